The SMILES string of the molecule is c1ccc2c(c1)COCC2NC1CCCC1n1ccnc1. The van der Waals surface area contributed by atoms with Gasteiger partial charge in [-0.2, -0.15) is 0 Å². The van der Waals surface area contributed by atoms with Crippen molar-refractivity contribution in [2.45, 2.75) is 44.0 Å². The van der Waals surface area contributed by atoms with Crippen LogP contribution in [0.25, 0.3) is 0 Å². The average molecular weight is 283 g/mol. The molecule has 1 aromatic carbocycles. The molecule has 1 N–H and O–H groups in total. The van der Waals surface area contributed by atoms with Crippen molar-refractivity contribution < 1.29 is 4.74 Å². The highest BCUT2D eigenvalue weighted by atomic mass is 16.5. The molecule has 0 bridgehead atoms. The van der Waals surface area contributed by atoms with Gasteiger partial charge in [0.2, 0.25) is 0 Å². The molecule has 3 unspecified atom stereocenters. The number of ether oxygens (including phenoxy) is 1. The molecular weight excluding hydrogens is 262 g/mol. The van der Waals surface area contributed by atoms with E-state index >= 15 is 0 Å². The first-order valence-electron chi connectivity index (χ1n) is 7.81. The van der Waals surface area contributed by atoms with Crippen molar-refractivity contribution in [2.24, 2.45) is 0 Å². The Morgan fingerprint density at radius 1 is 1.24 bits per heavy atom. The maximum Gasteiger partial charge on any atom is 0.0949 e. The molecule has 4 rings (SSSR count). The van der Waals surface area contributed by atoms with E-state index in [1.54, 1.807) is 0 Å². The molecule has 2 aliphatic rings. The van der Waals surface area contributed by atoms with Crippen molar-refractivity contribution in [2.75, 3.05) is 6.61 Å². The maximum atomic E-state index is 5.76. The van der Waals surface area contributed by atoms with Gasteiger partial charge < -0.3 is 14.6 Å². The van der Waals surface area contributed by atoms with Crippen LogP contribution >= 0.6 is 0 Å². The van der Waals surface area contributed by atoms with Crippen molar-refractivity contribution in [1.29, 1.82) is 0 Å². The summed E-state index contributed by atoms with van der Waals surface area (Å²) in [5.74, 6) is 0. The van der Waals surface area contributed by atoms with Gasteiger partial charge >= 0.3 is 0 Å². The lowest BCUT2D eigenvalue weighted by molar-refractivity contribution is 0.0767. The molecular formula is C17H21N3O. The summed E-state index contributed by atoms with van der Waals surface area (Å²) < 4.78 is 8.01. The Labute approximate surface area is 125 Å². The van der Waals surface area contributed by atoms with Gasteiger partial charge in [-0.15, -0.1) is 0 Å². The summed E-state index contributed by atoms with van der Waals surface area (Å²) >= 11 is 0. The van der Waals surface area contributed by atoms with E-state index in [1.807, 2.05) is 12.5 Å². The first-order valence-corrected chi connectivity index (χ1v) is 7.81. The third-order valence-electron chi connectivity index (χ3n) is 4.78. The van der Waals surface area contributed by atoms with Crippen molar-refractivity contribution in [3.05, 3.63) is 54.1 Å². The minimum Gasteiger partial charge on any atom is -0.375 e. The molecule has 0 spiro atoms. The van der Waals surface area contributed by atoms with Gasteiger partial charge in [0.25, 0.3) is 0 Å². The lowest BCUT2D eigenvalue weighted by Crippen LogP contribution is -2.40. The lowest BCUT2D eigenvalue weighted by Gasteiger charge is -2.31. The minimum atomic E-state index is 0.309. The molecule has 4 heteroatoms. The van der Waals surface area contributed by atoms with Crippen molar-refractivity contribution in [3.63, 3.8) is 0 Å². The van der Waals surface area contributed by atoms with Crippen LogP contribution in [-0.4, -0.2) is 22.2 Å². The van der Waals surface area contributed by atoms with Gasteiger partial charge in [-0.3, -0.25) is 0 Å². The number of nitrogens with one attached hydrogen (secondary N) is 1. The molecule has 2 heterocycles. The van der Waals surface area contributed by atoms with Crippen LogP contribution in [0.1, 0.15) is 42.5 Å². The van der Waals surface area contributed by atoms with Gasteiger partial charge in [-0.25, -0.2) is 4.98 Å². The van der Waals surface area contributed by atoms with E-state index in [9.17, 15) is 0 Å². The lowest BCUT2D eigenvalue weighted by atomic mass is 9.97. The number of rotatable bonds is 3. The maximum absolute atomic E-state index is 5.76. The minimum absolute atomic E-state index is 0.309. The highest BCUT2D eigenvalue weighted by molar-refractivity contribution is 5.31. The summed E-state index contributed by atoms with van der Waals surface area (Å²) in [7, 11) is 0. The zero-order chi connectivity index (χ0) is 14.1. The highest BCUT2D eigenvalue weighted by Gasteiger charge is 2.31. The van der Waals surface area contributed by atoms with Crippen molar-refractivity contribution in [3.8, 4) is 0 Å². The Kier molecular flexibility index (Phi) is 3.49. The van der Waals surface area contributed by atoms with Crippen LogP contribution in [0.15, 0.2) is 43.0 Å². The molecule has 4 nitrogen and oxygen atoms in total. The predicted octanol–water partition coefficient (Wildman–Crippen LogP) is 2.84. The Balaban J connectivity index is 1.54. The Bertz CT molecular complexity index is 596. The van der Waals surface area contributed by atoms with E-state index in [4.69, 9.17) is 4.74 Å². The van der Waals surface area contributed by atoms with Gasteiger partial charge in [-0.05, 0) is 30.4 Å². The van der Waals surface area contributed by atoms with Crippen LogP contribution in [0.5, 0.6) is 0 Å². The number of imidazole rings is 1. The summed E-state index contributed by atoms with van der Waals surface area (Å²) in [6.45, 7) is 1.51. The van der Waals surface area contributed by atoms with E-state index in [2.05, 4.69) is 45.3 Å². The summed E-state index contributed by atoms with van der Waals surface area (Å²) in [5, 5.41) is 3.84. The second-order valence-corrected chi connectivity index (χ2v) is 6.05. The van der Waals surface area contributed by atoms with Crippen molar-refractivity contribution >= 4 is 0 Å². The molecule has 0 saturated heterocycles. The molecule has 3 atom stereocenters. The predicted molar refractivity (Wildman–Crippen MR) is 80.9 cm³/mol. The Hall–Kier alpha value is -1.65. The highest BCUT2D eigenvalue weighted by Crippen LogP contribution is 2.33. The van der Waals surface area contributed by atoms with Gasteiger partial charge in [0.05, 0.1) is 25.6 Å². The summed E-state index contributed by atoms with van der Waals surface area (Å²) in [4.78, 5) is 4.19. The standard InChI is InChI=1S/C17H21N3O/c1-2-5-14-13(4-1)10-21-11-16(14)19-15-6-3-7-17(15)20-9-8-18-12-20/h1-2,4-5,8-9,12,15-17,19H,3,6-7,10-11H2. The van der Waals surface area contributed by atoms with Crippen LogP contribution in [0, 0.1) is 0 Å². The summed E-state index contributed by atoms with van der Waals surface area (Å²) in [6.07, 6.45) is 9.61. The molecule has 21 heavy (non-hydrogen) atoms. The number of aromatic nitrogens is 2. The molecule has 1 aromatic heterocycles. The Morgan fingerprint density at radius 3 is 3.10 bits per heavy atom. The average Bonchev–Trinajstić information content (AvgIpc) is 3.18. The number of hydrogen-bond acceptors (Lipinski definition) is 3. The van der Waals surface area contributed by atoms with E-state index in [1.165, 1.54) is 30.4 Å². The topological polar surface area (TPSA) is 39.1 Å². The zero-order valence-electron chi connectivity index (χ0n) is 12.1. The molecule has 0 radical (unpaired) electrons. The molecule has 1 saturated carbocycles. The third-order valence-corrected chi connectivity index (χ3v) is 4.78. The van der Waals surface area contributed by atoms with Gasteiger partial charge in [0.1, 0.15) is 0 Å². The number of nitrogens with zero attached hydrogens (tertiary/aromatic N) is 2. The first kappa shape index (κ1) is 13.0. The molecule has 1 aliphatic carbocycles. The van der Waals surface area contributed by atoms with Gasteiger partial charge in [0.15, 0.2) is 0 Å². The van der Waals surface area contributed by atoms with Crippen LogP contribution in [0.3, 0.4) is 0 Å². The van der Waals surface area contributed by atoms with Gasteiger partial charge in [-0.1, -0.05) is 24.3 Å². The zero-order valence-corrected chi connectivity index (χ0v) is 12.1. The fourth-order valence-corrected chi connectivity index (χ4v) is 3.74. The number of fused-ring (bicyclic) bond motifs is 1. The summed E-state index contributed by atoms with van der Waals surface area (Å²) in [5.41, 5.74) is 2.72. The molecule has 110 valence electrons. The normalized spacial score (nSPS) is 28.5. The van der Waals surface area contributed by atoms with E-state index < -0.39 is 0 Å². The number of hydrogen-bond donors (Lipinski definition) is 1. The first-order chi connectivity index (χ1) is 10.4. The fourth-order valence-electron chi connectivity index (χ4n) is 3.74. The molecule has 1 aliphatic heterocycles. The molecule has 0 amide bonds. The number of benzene rings is 1. The summed E-state index contributed by atoms with van der Waals surface area (Å²) in [6, 6.07) is 9.95. The third kappa shape index (κ3) is 2.49. The quantitative estimate of drug-likeness (QED) is 0.941. The van der Waals surface area contributed by atoms with E-state index in [-0.39, 0.29) is 0 Å². The molecule has 1 fully saturated rings. The van der Waals surface area contributed by atoms with Crippen LogP contribution in [0.2, 0.25) is 0 Å². The van der Waals surface area contributed by atoms with Crippen LogP contribution in [0.4, 0.5) is 0 Å². The van der Waals surface area contributed by atoms with E-state index in [0.717, 1.165) is 13.2 Å². The van der Waals surface area contributed by atoms with E-state index in [0.29, 0.717) is 18.1 Å². The molecule has 2 aromatic rings. The smallest absolute Gasteiger partial charge is 0.0949 e. The van der Waals surface area contributed by atoms with Crippen LogP contribution < -0.4 is 5.32 Å². The second-order valence-electron chi connectivity index (χ2n) is 6.05. The largest absolute Gasteiger partial charge is 0.375 e. The fraction of sp³-hybridized carbons (Fsp3) is 0.471. The Morgan fingerprint density at radius 2 is 2.19 bits per heavy atom. The van der Waals surface area contributed by atoms with Crippen molar-refractivity contribution in [1.82, 2.24) is 14.9 Å². The monoisotopic (exact) mass is 283 g/mol. The second kappa shape index (κ2) is 5.62. The van der Waals surface area contributed by atoms with Crippen LogP contribution in [-0.2, 0) is 11.3 Å². The van der Waals surface area contributed by atoms with Gasteiger partial charge in [0, 0.05) is 24.5 Å².